The summed E-state index contributed by atoms with van der Waals surface area (Å²) >= 11 is 0. The second kappa shape index (κ2) is 16.9. The van der Waals surface area contributed by atoms with E-state index in [1.54, 1.807) is 6.20 Å². The number of unbranched alkanes of at least 4 members (excludes halogenated alkanes) is 1. The summed E-state index contributed by atoms with van der Waals surface area (Å²) in [5.41, 5.74) is 23.7. The van der Waals surface area contributed by atoms with E-state index < -0.39 is 54.0 Å². The van der Waals surface area contributed by atoms with E-state index in [1.165, 1.54) is 6.92 Å². The molecule has 1 aromatic carbocycles. The van der Waals surface area contributed by atoms with Crippen LogP contribution >= 0.6 is 0 Å². The summed E-state index contributed by atoms with van der Waals surface area (Å²) in [4.78, 5) is 58.2. The minimum Gasteiger partial charge on any atom is -0.480 e. The number of aliphatic carboxylic acids is 1. The highest BCUT2D eigenvalue weighted by Crippen LogP contribution is 2.19. The van der Waals surface area contributed by atoms with Crippen LogP contribution in [0, 0.1) is 0 Å². The van der Waals surface area contributed by atoms with Gasteiger partial charge in [-0.1, -0.05) is 18.2 Å². The molecule has 0 saturated heterocycles. The molecule has 1 aromatic heterocycles. The molecule has 42 heavy (non-hydrogen) atoms. The van der Waals surface area contributed by atoms with E-state index in [0.29, 0.717) is 31.4 Å². The van der Waals surface area contributed by atoms with Gasteiger partial charge in [-0.2, -0.15) is 0 Å². The molecule has 5 atom stereocenters. The summed E-state index contributed by atoms with van der Waals surface area (Å²) in [5, 5.41) is 27.8. The van der Waals surface area contributed by atoms with Gasteiger partial charge in [0.25, 0.3) is 0 Å². The van der Waals surface area contributed by atoms with E-state index in [4.69, 9.17) is 22.9 Å². The lowest BCUT2D eigenvalue weighted by atomic mass is 10.0. The molecule has 1 heterocycles. The molecule has 15 heteroatoms. The van der Waals surface area contributed by atoms with Crippen molar-refractivity contribution in [1.29, 1.82) is 0 Å². The maximum Gasteiger partial charge on any atom is 0.328 e. The number of benzene rings is 1. The van der Waals surface area contributed by atoms with Crippen molar-refractivity contribution in [3.8, 4) is 0 Å². The Hall–Kier alpha value is -4.21. The standard InChI is InChI=1S/C27H43N9O6/c1-15(37)22(26(41)42)36-25(40)21(13-16-14-33-19-9-3-2-7-17(16)19)35-24(39)20(10-4-5-11-28)34-23(38)18(29)8-6-12-32-27(30)31/h2-3,7,9,14-15,18,20-22,33,37H,4-6,8,10-13,28-29H2,1H3,(H,34,38)(H,35,39)(H,36,40)(H,41,42)(H4,30,31,32). The second-order valence-corrected chi connectivity index (χ2v) is 10.1. The Balaban J connectivity index is 2.25. The predicted octanol–water partition coefficient (Wildman–Crippen LogP) is -1.86. The number of hydrogen-bond acceptors (Lipinski definition) is 8. The minimum atomic E-state index is -1.60. The SMILES string of the molecule is CC(O)C(NC(=O)C(Cc1c[nH]c2ccccc12)NC(=O)C(CCCCN)NC(=O)C(N)CCCN=C(N)N)C(=O)O. The first-order valence-electron chi connectivity index (χ1n) is 13.8. The van der Waals surface area contributed by atoms with E-state index in [9.17, 15) is 29.4 Å². The number of carboxylic acids is 1. The van der Waals surface area contributed by atoms with Crippen molar-refractivity contribution in [2.24, 2.45) is 27.9 Å². The molecule has 0 aliphatic rings. The Morgan fingerprint density at radius 3 is 2.26 bits per heavy atom. The quantitative estimate of drug-likeness (QED) is 0.0526. The highest BCUT2D eigenvalue weighted by atomic mass is 16.4. The fourth-order valence-electron chi connectivity index (χ4n) is 4.34. The van der Waals surface area contributed by atoms with Gasteiger partial charge < -0.3 is 54.1 Å². The number of carbonyl (C=O) groups excluding carboxylic acids is 3. The van der Waals surface area contributed by atoms with Crippen molar-refractivity contribution in [2.45, 2.75) is 75.7 Å². The summed E-state index contributed by atoms with van der Waals surface area (Å²) in [6, 6.07) is 2.55. The molecule has 5 unspecified atom stereocenters. The third kappa shape index (κ3) is 10.6. The zero-order valence-electron chi connectivity index (χ0n) is 23.7. The monoisotopic (exact) mass is 589 g/mol. The van der Waals surface area contributed by atoms with Crippen LogP contribution in [-0.2, 0) is 25.6 Å². The Kier molecular flexibility index (Phi) is 13.7. The number of para-hydroxylation sites is 1. The predicted molar refractivity (Wildman–Crippen MR) is 158 cm³/mol. The molecule has 15 nitrogen and oxygen atoms in total. The summed E-state index contributed by atoms with van der Waals surface area (Å²) in [5.74, 6) is -3.54. The molecule has 0 aliphatic heterocycles. The molecule has 3 amide bonds. The van der Waals surface area contributed by atoms with Crippen molar-refractivity contribution in [1.82, 2.24) is 20.9 Å². The first-order valence-corrected chi connectivity index (χ1v) is 13.8. The first kappa shape index (κ1) is 34.0. The number of aliphatic hydroxyl groups is 1. The second-order valence-electron chi connectivity index (χ2n) is 10.1. The number of nitrogens with zero attached hydrogens (tertiary/aromatic N) is 1. The number of amides is 3. The van der Waals surface area contributed by atoms with Gasteiger partial charge in [-0.05, 0) is 57.2 Å². The van der Waals surface area contributed by atoms with Gasteiger partial charge in [-0.3, -0.25) is 19.4 Å². The van der Waals surface area contributed by atoms with Crippen LogP contribution in [0.1, 0.15) is 44.6 Å². The normalized spacial score (nSPS) is 14.7. The third-order valence-corrected chi connectivity index (χ3v) is 6.66. The van der Waals surface area contributed by atoms with Crippen molar-refractivity contribution < 1.29 is 29.4 Å². The number of aromatic amines is 1. The van der Waals surface area contributed by atoms with Crippen molar-refractivity contribution in [2.75, 3.05) is 13.1 Å². The highest BCUT2D eigenvalue weighted by Gasteiger charge is 2.32. The van der Waals surface area contributed by atoms with Gasteiger partial charge >= 0.3 is 5.97 Å². The van der Waals surface area contributed by atoms with E-state index in [2.05, 4.69) is 25.9 Å². The first-order chi connectivity index (χ1) is 19.9. The Bertz CT molecular complexity index is 1230. The van der Waals surface area contributed by atoms with Crippen LogP contribution in [0.2, 0.25) is 0 Å². The number of guanidine groups is 1. The van der Waals surface area contributed by atoms with Gasteiger partial charge in [-0.25, -0.2) is 4.79 Å². The average Bonchev–Trinajstić information content (AvgIpc) is 3.35. The molecule has 0 saturated carbocycles. The zero-order chi connectivity index (χ0) is 31.2. The van der Waals surface area contributed by atoms with Crippen LogP contribution in [0.3, 0.4) is 0 Å². The van der Waals surface area contributed by atoms with Crippen LogP contribution in [0.25, 0.3) is 10.9 Å². The minimum absolute atomic E-state index is 0.00150. The van der Waals surface area contributed by atoms with Crippen molar-refractivity contribution >= 4 is 40.6 Å². The number of carbonyl (C=O) groups is 4. The Morgan fingerprint density at radius 1 is 0.952 bits per heavy atom. The fraction of sp³-hybridized carbons (Fsp3) is 0.519. The summed E-state index contributed by atoms with van der Waals surface area (Å²) in [6.07, 6.45) is 2.34. The largest absolute Gasteiger partial charge is 0.480 e. The van der Waals surface area contributed by atoms with Gasteiger partial charge in [0, 0.05) is 30.1 Å². The molecule has 0 bridgehead atoms. The number of fused-ring (bicyclic) bond motifs is 1. The number of carboxylic acid groups (broad SMARTS) is 1. The van der Waals surface area contributed by atoms with Gasteiger partial charge in [0.1, 0.15) is 12.1 Å². The lowest BCUT2D eigenvalue weighted by molar-refractivity contribution is -0.145. The molecular formula is C27H43N9O6. The van der Waals surface area contributed by atoms with E-state index in [1.807, 2.05) is 24.3 Å². The molecule has 0 spiro atoms. The third-order valence-electron chi connectivity index (χ3n) is 6.66. The molecule has 14 N–H and O–H groups in total. The smallest absolute Gasteiger partial charge is 0.328 e. The Morgan fingerprint density at radius 2 is 1.62 bits per heavy atom. The fourth-order valence-corrected chi connectivity index (χ4v) is 4.34. The highest BCUT2D eigenvalue weighted by molar-refractivity contribution is 5.95. The number of nitrogens with two attached hydrogens (primary N) is 4. The molecule has 0 aliphatic carbocycles. The van der Waals surface area contributed by atoms with Gasteiger partial charge in [0.15, 0.2) is 12.0 Å². The van der Waals surface area contributed by atoms with Crippen LogP contribution in [-0.4, -0.2) is 88.2 Å². The molecule has 0 radical (unpaired) electrons. The van der Waals surface area contributed by atoms with Crippen LogP contribution in [0.5, 0.6) is 0 Å². The van der Waals surface area contributed by atoms with Gasteiger partial charge in [0.05, 0.1) is 12.1 Å². The van der Waals surface area contributed by atoms with Gasteiger partial charge in [0.2, 0.25) is 17.7 Å². The number of aliphatic imine (C=N–C) groups is 1. The maximum atomic E-state index is 13.5. The molecule has 2 aromatic rings. The summed E-state index contributed by atoms with van der Waals surface area (Å²) in [6.45, 7) is 1.90. The average molecular weight is 590 g/mol. The molecule has 232 valence electrons. The number of rotatable bonds is 18. The van der Waals surface area contributed by atoms with Crippen molar-refractivity contribution in [3.05, 3.63) is 36.0 Å². The molecular weight excluding hydrogens is 546 g/mol. The van der Waals surface area contributed by atoms with Crippen LogP contribution in [0.4, 0.5) is 0 Å². The molecule has 2 rings (SSSR count). The zero-order valence-corrected chi connectivity index (χ0v) is 23.7. The van der Waals surface area contributed by atoms with Crippen LogP contribution in [0.15, 0.2) is 35.5 Å². The topological polar surface area (TPSA) is 277 Å². The van der Waals surface area contributed by atoms with E-state index >= 15 is 0 Å². The van der Waals surface area contributed by atoms with E-state index in [-0.39, 0.29) is 31.8 Å². The summed E-state index contributed by atoms with van der Waals surface area (Å²) < 4.78 is 0. The number of aliphatic hydroxyl groups excluding tert-OH is 1. The Labute approximate surface area is 243 Å². The number of H-pyrrole nitrogens is 1. The number of hydrogen-bond donors (Lipinski definition) is 10. The lowest BCUT2D eigenvalue weighted by Gasteiger charge is -2.26. The van der Waals surface area contributed by atoms with Crippen molar-refractivity contribution in [3.63, 3.8) is 0 Å². The lowest BCUT2D eigenvalue weighted by Crippen LogP contribution is -2.58. The molecule has 0 fully saturated rings. The summed E-state index contributed by atoms with van der Waals surface area (Å²) in [7, 11) is 0. The number of nitrogens with one attached hydrogen (secondary N) is 4. The van der Waals surface area contributed by atoms with Gasteiger partial charge in [-0.15, -0.1) is 0 Å². The number of aromatic nitrogens is 1. The van der Waals surface area contributed by atoms with E-state index in [0.717, 1.165) is 10.9 Å². The maximum absolute atomic E-state index is 13.5. The van der Waals surface area contributed by atoms with Crippen LogP contribution < -0.4 is 38.9 Å².